The van der Waals surface area contributed by atoms with Gasteiger partial charge in [0, 0.05) is 12.2 Å². The fourth-order valence-corrected chi connectivity index (χ4v) is 5.38. The van der Waals surface area contributed by atoms with Crippen LogP contribution in [-0.4, -0.2) is 41.0 Å². The van der Waals surface area contributed by atoms with Crippen molar-refractivity contribution in [3.8, 4) is 0 Å². The van der Waals surface area contributed by atoms with Gasteiger partial charge in [-0.2, -0.15) is 0 Å². The molecule has 2 unspecified atom stereocenters. The Hall–Kier alpha value is -3.35. The molecule has 0 radical (unpaired) electrons. The number of benzene rings is 2. The van der Waals surface area contributed by atoms with E-state index in [-0.39, 0.29) is 17.7 Å². The molecule has 7 heteroatoms. The summed E-state index contributed by atoms with van der Waals surface area (Å²) in [5.41, 5.74) is 4.86. The van der Waals surface area contributed by atoms with Crippen molar-refractivity contribution < 1.29 is 19.1 Å². The molecule has 0 aromatic heterocycles. The van der Waals surface area contributed by atoms with Crippen LogP contribution in [0.25, 0.3) is 0 Å². The van der Waals surface area contributed by atoms with Crippen LogP contribution in [0.2, 0.25) is 0 Å². The third-order valence-corrected chi connectivity index (χ3v) is 7.87. The summed E-state index contributed by atoms with van der Waals surface area (Å²) < 4.78 is 5.54. The summed E-state index contributed by atoms with van der Waals surface area (Å²) in [6, 6.07) is 10.1. The molecule has 0 bridgehead atoms. The lowest BCUT2D eigenvalue weighted by Gasteiger charge is -2.35. The predicted octanol–water partition coefficient (Wildman–Crippen LogP) is 8.73. The molecule has 2 rings (SSSR count). The minimum Gasteiger partial charge on any atom is -0.444 e. The number of nitrogens with one attached hydrogen (secondary N) is 2. The number of ether oxygens (including phenoxy) is 1. The maximum absolute atomic E-state index is 14.6. The second kappa shape index (κ2) is 17.2. The Morgan fingerprint density at radius 3 is 2.02 bits per heavy atom. The molecule has 0 fully saturated rings. The van der Waals surface area contributed by atoms with Crippen LogP contribution in [0.15, 0.2) is 36.4 Å². The van der Waals surface area contributed by atoms with Gasteiger partial charge in [-0.3, -0.25) is 9.59 Å². The van der Waals surface area contributed by atoms with Gasteiger partial charge >= 0.3 is 6.09 Å². The molecule has 244 valence electrons. The number of hydrogen-bond acceptors (Lipinski definition) is 4. The molecule has 0 aliphatic heterocycles. The van der Waals surface area contributed by atoms with Crippen molar-refractivity contribution in [1.29, 1.82) is 0 Å². The Balaban J connectivity index is 2.60. The lowest BCUT2D eigenvalue weighted by atomic mass is 9.96. The molecule has 3 amide bonds. The van der Waals surface area contributed by atoms with E-state index in [1.54, 1.807) is 25.7 Å². The molecule has 2 aromatic carbocycles. The van der Waals surface area contributed by atoms with E-state index in [0.717, 1.165) is 65.6 Å². The maximum Gasteiger partial charge on any atom is 0.408 e. The minimum absolute atomic E-state index is 0.123. The highest BCUT2D eigenvalue weighted by atomic mass is 16.6. The predicted molar refractivity (Wildman–Crippen MR) is 181 cm³/mol. The van der Waals surface area contributed by atoms with Gasteiger partial charge in [-0.1, -0.05) is 89.3 Å². The van der Waals surface area contributed by atoms with Gasteiger partial charge in [-0.25, -0.2) is 4.79 Å². The largest absolute Gasteiger partial charge is 0.444 e. The van der Waals surface area contributed by atoms with Crippen molar-refractivity contribution in [2.24, 2.45) is 5.92 Å². The van der Waals surface area contributed by atoms with Crippen molar-refractivity contribution in [2.75, 3.05) is 11.9 Å². The van der Waals surface area contributed by atoms with Gasteiger partial charge in [0.25, 0.3) is 5.91 Å². The molecule has 0 heterocycles. The first-order valence-corrected chi connectivity index (χ1v) is 16.4. The Bertz CT molecular complexity index is 1230. The quantitative estimate of drug-likeness (QED) is 0.198. The standard InChI is InChI=1S/C37H57N3O4/c1-11-12-13-14-15-16-22-40(35(42)31(23-25(2)3)38-36(43)44-37(8,9)10)33(30-21-20-26(4)29(7)24-30)34(41)39-32-27(5)18-17-19-28(32)6/h17-21,24-25,31,33H,11-16,22-23H2,1-10H3,(H,38,43)(H,39,41). The zero-order chi connectivity index (χ0) is 33.0. The highest BCUT2D eigenvalue weighted by molar-refractivity contribution is 6.00. The average molecular weight is 608 g/mol. The number of nitrogens with zero attached hydrogens (tertiary/aromatic N) is 1. The Morgan fingerprint density at radius 1 is 0.841 bits per heavy atom. The van der Waals surface area contributed by atoms with Crippen LogP contribution >= 0.6 is 0 Å². The van der Waals surface area contributed by atoms with E-state index in [4.69, 9.17) is 4.74 Å². The minimum atomic E-state index is -0.883. The van der Waals surface area contributed by atoms with Crippen LogP contribution in [0.3, 0.4) is 0 Å². The van der Waals surface area contributed by atoms with Crippen molar-refractivity contribution in [3.05, 3.63) is 64.2 Å². The van der Waals surface area contributed by atoms with Crippen LogP contribution < -0.4 is 10.6 Å². The van der Waals surface area contributed by atoms with Crippen LogP contribution in [0.4, 0.5) is 10.5 Å². The summed E-state index contributed by atoms with van der Waals surface area (Å²) in [5, 5.41) is 6.02. The molecule has 0 saturated carbocycles. The van der Waals surface area contributed by atoms with Crippen LogP contribution in [-0.2, 0) is 14.3 Å². The number of alkyl carbamates (subject to hydrolysis) is 1. The van der Waals surface area contributed by atoms with E-state index in [9.17, 15) is 14.4 Å². The van der Waals surface area contributed by atoms with E-state index in [0.29, 0.717) is 13.0 Å². The van der Waals surface area contributed by atoms with Gasteiger partial charge in [0.2, 0.25) is 5.91 Å². The van der Waals surface area contributed by atoms with E-state index in [1.165, 1.54) is 6.42 Å². The third-order valence-electron chi connectivity index (χ3n) is 7.87. The van der Waals surface area contributed by atoms with E-state index in [2.05, 4.69) is 17.6 Å². The molecular formula is C37H57N3O4. The smallest absolute Gasteiger partial charge is 0.408 e. The summed E-state index contributed by atoms with van der Waals surface area (Å²) in [4.78, 5) is 43.6. The number of carbonyl (C=O) groups is 3. The van der Waals surface area contributed by atoms with Gasteiger partial charge in [-0.15, -0.1) is 0 Å². The number of aryl methyl sites for hydroxylation is 4. The average Bonchev–Trinajstić information content (AvgIpc) is 2.91. The first-order valence-electron chi connectivity index (χ1n) is 16.4. The van der Waals surface area contributed by atoms with Gasteiger partial charge < -0.3 is 20.3 Å². The molecule has 0 aliphatic carbocycles. The second-order valence-electron chi connectivity index (χ2n) is 13.6. The van der Waals surface area contributed by atoms with Gasteiger partial charge in [0.15, 0.2) is 0 Å². The monoisotopic (exact) mass is 607 g/mol. The van der Waals surface area contributed by atoms with Crippen molar-refractivity contribution in [1.82, 2.24) is 10.2 Å². The summed E-state index contributed by atoms with van der Waals surface area (Å²) in [7, 11) is 0. The van der Waals surface area contributed by atoms with Crippen molar-refractivity contribution in [2.45, 2.75) is 132 Å². The molecule has 2 N–H and O–H groups in total. The van der Waals surface area contributed by atoms with E-state index in [1.807, 2.05) is 77.9 Å². The Morgan fingerprint density at radius 2 is 1.45 bits per heavy atom. The molecule has 2 atom stereocenters. The molecule has 7 nitrogen and oxygen atoms in total. The molecular weight excluding hydrogens is 550 g/mol. The summed E-state index contributed by atoms with van der Waals surface area (Å²) >= 11 is 0. The Kier molecular flexibility index (Phi) is 14.4. The Labute approximate surface area is 266 Å². The third kappa shape index (κ3) is 11.6. The summed E-state index contributed by atoms with van der Waals surface area (Å²) in [6.45, 7) is 20.0. The fraction of sp³-hybridized carbons (Fsp3) is 0.595. The highest BCUT2D eigenvalue weighted by Gasteiger charge is 2.37. The van der Waals surface area contributed by atoms with Crippen LogP contribution in [0.5, 0.6) is 0 Å². The molecule has 2 aromatic rings. The molecule has 0 spiro atoms. The molecule has 0 aliphatic rings. The lowest BCUT2D eigenvalue weighted by Crippen LogP contribution is -2.53. The number of amides is 3. The van der Waals surface area contributed by atoms with Crippen LogP contribution in [0.1, 0.15) is 120 Å². The van der Waals surface area contributed by atoms with Gasteiger partial charge in [0.1, 0.15) is 17.7 Å². The number of hydrogen-bond donors (Lipinski definition) is 2. The van der Waals surface area contributed by atoms with Crippen LogP contribution in [0, 0.1) is 33.6 Å². The lowest BCUT2D eigenvalue weighted by molar-refractivity contribution is -0.141. The fourth-order valence-electron chi connectivity index (χ4n) is 5.38. The second-order valence-corrected chi connectivity index (χ2v) is 13.6. The molecule has 44 heavy (non-hydrogen) atoms. The number of anilines is 1. The van der Waals surface area contributed by atoms with Gasteiger partial charge in [-0.05, 0) is 95.0 Å². The zero-order valence-electron chi connectivity index (χ0n) is 28.9. The van der Waals surface area contributed by atoms with Gasteiger partial charge in [0.05, 0.1) is 0 Å². The van der Waals surface area contributed by atoms with E-state index >= 15 is 0 Å². The van der Waals surface area contributed by atoms with Crippen molar-refractivity contribution >= 4 is 23.6 Å². The first-order chi connectivity index (χ1) is 20.6. The zero-order valence-corrected chi connectivity index (χ0v) is 28.9. The highest BCUT2D eigenvalue weighted by Crippen LogP contribution is 2.29. The number of carbonyl (C=O) groups excluding carboxylic acids is 3. The number of rotatable bonds is 15. The normalized spacial score (nSPS) is 12.9. The van der Waals surface area contributed by atoms with E-state index < -0.39 is 23.8 Å². The SMILES string of the molecule is CCCCCCCCN(C(=O)C(CC(C)C)NC(=O)OC(C)(C)C)C(C(=O)Nc1c(C)cccc1C)c1ccc(C)c(C)c1. The number of para-hydroxylation sites is 1. The van der Waals surface area contributed by atoms with Crippen molar-refractivity contribution in [3.63, 3.8) is 0 Å². The topological polar surface area (TPSA) is 87.7 Å². The summed E-state index contributed by atoms with van der Waals surface area (Å²) in [5.74, 6) is -0.429. The first kappa shape index (κ1) is 36.8. The molecule has 0 saturated heterocycles. The number of unbranched alkanes of at least 4 members (excludes halogenated alkanes) is 5. The summed E-state index contributed by atoms with van der Waals surface area (Å²) in [6.07, 6.45) is 6.05. The maximum atomic E-state index is 14.6.